The van der Waals surface area contributed by atoms with Crippen LogP contribution in [0.5, 0.6) is 11.5 Å². The Morgan fingerprint density at radius 2 is 1.41 bits per heavy atom. The largest absolute Gasteiger partial charge is 0.490 e. The summed E-state index contributed by atoms with van der Waals surface area (Å²) in [6, 6.07) is 23.1. The van der Waals surface area contributed by atoms with Gasteiger partial charge < -0.3 is 14.2 Å². The van der Waals surface area contributed by atoms with Crippen molar-refractivity contribution in [2.45, 2.75) is 26.7 Å². The second kappa shape index (κ2) is 12.2. The number of nitrogens with zero attached hydrogens (tertiary/aromatic N) is 1. The standard InChI is InChI=1S/C28H27NO5/c1-20(2)3-16-27(30)33-18-17-32-25-12-10-24(11-13-25)28(31)34-26-14-8-23(9-15-26)22-6-4-21(19-29)5-7-22/h4-15,20H,3,16-18H2,1-2H3. The topological polar surface area (TPSA) is 85.6 Å². The minimum Gasteiger partial charge on any atom is -0.490 e. The molecule has 0 spiro atoms. The van der Waals surface area contributed by atoms with E-state index < -0.39 is 5.97 Å². The van der Waals surface area contributed by atoms with Gasteiger partial charge in [-0.3, -0.25) is 4.79 Å². The first-order chi connectivity index (χ1) is 16.4. The molecule has 3 aromatic rings. The zero-order chi connectivity index (χ0) is 24.3. The van der Waals surface area contributed by atoms with Crippen LogP contribution < -0.4 is 9.47 Å². The van der Waals surface area contributed by atoms with Gasteiger partial charge in [0.25, 0.3) is 0 Å². The lowest BCUT2D eigenvalue weighted by molar-refractivity contribution is -0.144. The van der Waals surface area contributed by atoms with Gasteiger partial charge in [-0.05, 0) is 72.0 Å². The van der Waals surface area contributed by atoms with Gasteiger partial charge in [0, 0.05) is 6.42 Å². The van der Waals surface area contributed by atoms with Crippen LogP contribution in [0.25, 0.3) is 11.1 Å². The van der Waals surface area contributed by atoms with E-state index in [1.165, 1.54) is 0 Å². The van der Waals surface area contributed by atoms with Crippen LogP contribution >= 0.6 is 0 Å². The van der Waals surface area contributed by atoms with E-state index in [0.29, 0.717) is 35.0 Å². The van der Waals surface area contributed by atoms with Crippen molar-refractivity contribution in [2.75, 3.05) is 13.2 Å². The van der Waals surface area contributed by atoms with E-state index in [1.807, 2.05) is 24.3 Å². The molecule has 6 heteroatoms. The van der Waals surface area contributed by atoms with E-state index in [-0.39, 0.29) is 19.2 Å². The summed E-state index contributed by atoms with van der Waals surface area (Å²) in [5.74, 6) is 0.767. The minimum absolute atomic E-state index is 0.180. The number of benzene rings is 3. The predicted molar refractivity (Wildman–Crippen MR) is 129 cm³/mol. The average molecular weight is 458 g/mol. The molecule has 0 amide bonds. The highest BCUT2D eigenvalue weighted by Crippen LogP contribution is 2.23. The first kappa shape index (κ1) is 24.5. The number of carbonyl (C=O) groups is 2. The van der Waals surface area contributed by atoms with Crippen LogP contribution in [0.4, 0.5) is 0 Å². The zero-order valence-corrected chi connectivity index (χ0v) is 19.3. The van der Waals surface area contributed by atoms with E-state index in [2.05, 4.69) is 19.9 Å². The molecule has 0 heterocycles. The maximum absolute atomic E-state index is 12.4. The van der Waals surface area contributed by atoms with Crippen molar-refractivity contribution in [1.29, 1.82) is 5.26 Å². The third kappa shape index (κ3) is 7.49. The molecule has 0 aromatic heterocycles. The highest BCUT2D eigenvalue weighted by atomic mass is 16.6. The molecule has 34 heavy (non-hydrogen) atoms. The van der Waals surface area contributed by atoms with Gasteiger partial charge in [0.2, 0.25) is 0 Å². The van der Waals surface area contributed by atoms with Gasteiger partial charge in [-0.15, -0.1) is 0 Å². The summed E-state index contributed by atoms with van der Waals surface area (Å²) in [7, 11) is 0. The number of esters is 2. The first-order valence-corrected chi connectivity index (χ1v) is 11.2. The van der Waals surface area contributed by atoms with Gasteiger partial charge in [0.05, 0.1) is 17.2 Å². The summed E-state index contributed by atoms with van der Waals surface area (Å²) in [5, 5.41) is 8.90. The summed E-state index contributed by atoms with van der Waals surface area (Å²) in [5.41, 5.74) is 2.92. The Bertz CT molecular complexity index is 1130. The lowest BCUT2D eigenvalue weighted by Gasteiger charge is -2.09. The molecule has 0 aliphatic rings. The lowest BCUT2D eigenvalue weighted by atomic mass is 10.0. The second-order valence-corrected chi connectivity index (χ2v) is 8.13. The molecule has 0 saturated carbocycles. The van der Waals surface area contributed by atoms with E-state index in [0.717, 1.165) is 17.5 Å². The van der Waals surface area contributed by atoms with E-state index in [1.54, 1.807) is 48.5 Å². The van der Waals surface area contributed by atoms with Crippen LogP contribution in [-0.4, -0.2) is 25.2 Å². The molecule has 3 rings (SSSR count). The lowest BCUT2D eigenvalue weighted by Crippen LogP contribution is -2.13. The number of ether oxygens (including phenoxy) is 3. The van der Waals surface area contributed by atoms with Gasteiger partial charge in [0.15, 0.2) is 0 Å². The Labute approximate surface area is 199 Å². The van der Waals surface area contributed by atoms with Crippen LogP contribution in [0.2, 0.25) is 0 Å². The minimum atomic E-state index is -0.475. The molecule has 0 saturated heterocycles. The van der Waals surface area contributed by atoms with Crippen molar-refractivity contribution >= 4 is 11.9 Å². The molecule has 0 aliphatic heterocycles. The molecular weight excluding hydrogens is 430 g/mol. The van der Waals surface area contributed by atoms with Crippen molar-refractivity contribution in [3.05, 3.63) is 83.9 Å². The summed E-state index contributed by atoms with van der Waals surface area (Å²) in [6.45, 7) is 4.54. The second-order valence-electron chi connectivity index (χ2n) is 8.13. The predicted octanol–water partition coefficient (Wildman–Crippen LogP) is 5.80. The van der Waals surface area contributed by atoms with Crippen LogP contribution in [0, 0.1) is 17.2 Å². The molecule has 0 aliphatic carbocycles. The Hall–Kier alpha value is -4.11. The zero-order valence-electron chi connectivity index (χ0n) is 19.3. The maximum Gasteiger partial charge on any atom is 0.343 e. The molecule has 3 aromatic carbocycles. The molecule has 0 atom stereocenters. The van der Waals surface area contributed by atoms with Crippen LogP contribution in [-0.2, 0) is 9.53 Å². The average Bonchev–Trinajstić information content (AvgIpc) is 2.86. The van der Waals surface area contributed by atoms with Gasteiger partial charge in [0.1, 0.15) is 24.7 Å². The third-order valence-electron chi connectivity index (χ3n) is 5.04. The van der Waals surface area contributed by atoms with Crippen molar-refractivity contribution in [3.63, 3.8) is 0 Å². The Balaban J connectivity index is 1.46. The highest BCUT2D eigenvalue weighted by Gasteiger charge is 2.10. The molecule has 6 nitrogen and oxygen atoms in total. The number of rotatable bonds is 10. The summed E-state index contributed by atoms with van der Waals surface area (Å²) in [4.78, 5) is 24.0. The van der Waals surface area contributed by atoms with Crippen LogP contribution in [0.15, 0.2) is 72.8 Å². The van der Waals surface area contributed by atoms with E-state index >= 15 is 0 Å². The Kier molecular flexibility index (Phi) is 8.81. The van der Waals surface area contributed by atoms with Crippen molar-refractivity contribution < 1.29 is 23.8 Å². The fourth-order valence-electron chi connectivity index (χ4n) is 3.10. The Morgan fingerprint density at radius 3 is 2.00 bits per heavy atom. The van der Waals surface area contributed by atoms with E-state index in [4.69, 9.17) is 19.5 Å². The normalized spacial score (nSPS) is 10.4. The van der Waals surface area contributed by atoms with Gasteiger partial charge in [-0.1, -0.05) is 38.1 Å². The summed E-state index contributed by atoms with van der Waals surface area (Å²) in [6.07, 6.45) is 1.21. The van der Waals surface area contributed by atoms with Gasteiger partial charge in [-0.25, -0.2) is 4.79 Å². The summed E-state index contributed by atoms with van der Waals surface area (Å²) < 4.78 is 16.1. The molecule has 0 fully saturated rings. The number of nitriles is 1. The Morgan fingerprint density at radius 1 is 0.824 bits per heavy atom. The maximum atomic E-state index is 12.4. The molecular formula is C28H27NO5. The molecule has 174 valence electrons. The smallest absolute Gasteiger partial charge is 0.343 e. The number of hydrogen-bond acceptors (Lipinski definition) is 6. The monoisotopic (exact) mass is 457 g/mol. The van der Waals surface area contributed by atoms with Crippen molar-refractivity contribution in [3.8, 4) is 28.7 Å². The fourth-order valence-corrected chi connectivity index (χ4v) is 3.10. The third-order valence-corrected chi connectivity index (χ3v) is 5.04. The SMILES string of the molecule is CC(C)CCC(=O)OCCOc1ccc(C(=O)Oc2ccc(-c3ccc(C#N)cc3)cc2)cc1. The van der Waals surface area contributed by atoms with E-state index in [9.17, 15) is 9.59 Å². The quantitative estimate of drug-likeness (QED) is 0.217. The van der Waals surface area contributed by atoms with Gasteiger partial charge >= 0.3 is 11.9 Å². The van der Waals surface area contributed by atoms with Crippen LogP contribution in [0.1, 0.15) is 42.6 Å². The van der Waals surface area contributed by atoms with Crippen molar-refractivity contribution in [1.82, 2.24) is 0 Å². The number of hydrogen-bond donors (Lipinski definition) is 0. The van der Waals surface area contributed by atoms with Gasteiger partial charge in [-0.2, -0.15) is 5.26 Å². The molecule has 0 N–H and O–H groups in total. The molecule has 0 radical (unpaired) electrons. The highest BCUT2D eigenvalue weighted by molar-refractivity contribution is 5.91. The van der Waals surface area contributed by atoms with Crippen LogP contribution in [0.3, 0.4) is 0 Å². The number of carbonyl (C=O) groups excluding carboxylic acids is 2. The fraction of sp³-hybridized carbons (Fsp3) is 0.250. The van der Waals surface area contributed by atoms with Crippen molar-refractivity contribution in [2.24, 2.45) is 5.92 Å². The first-order valence-electron chi connectivity index (χ1n) is 11.2. The molecule has 0 unspecified atom stereocenters. The summed E-state index contributed by atoms with van der Waals surface area (Å²) >= 11 is 0. The molecule has 0 bridgehead atoms.